The highest BCUT2D eigenvalue weighted by atomic mass is 32.2. The molecule has 14 heteroatoms. The fourth-order valence-corrected chi connectivity index (χ4v) is 7.75. The number of hydrogen-bond acceptors (Lipinski definition) is 7. The predicted molar refractivity (Wildman–Crippen MR) is 156 cm³/mol. The van der Waals surface area contributed by atoms with Crippen molar-refractivity contribution in [1.29, 1.82) is 0 Å². The summed E-state index contributed by atoms with van der Waals surface area (Å²) in [7, 11) is -4.17. The minimum absolute atomic E-state index is 0.00299. The Morgan fingerprint density at radius 3 is 2.29 bits per heavy atom. The standard InChI is InChI=1S/C31H35F3N2O8S/c1-16-12-25(43-2)23(15-24(16)44-21-10-8-17(9-11-21)30(39)40)28(37)36-27-19-7-6-18(13-19)26(27)29(38)35-20-4-3-5-22(14-20)45(41,42)31(32,33)34/h3-5,12,14-15,17-19,21,26-27H,6-11,13H2,1-2H3,(H,35,38)(H,36,37)(H,39,40)/t17?,18-,19+,21?,26+,27-/m1/s1. The number of aryl methyl sites for hydroxylation is 1. The number of carboxylic acids is 1. The molecule has 0 aromatic heterocycles. The average Bonchev–Trinajstić information content (AvgIpc) is 3.60. The van der Waals surface area contributed by atoms with Crippen molar-refractivity contribution in [3.63, 3.8) is 0 Å². The fourth-order valence-electron chi connectivity index (χ4n) is 6.95. The summed E-state index contributed by atoms with van der Waals surface area (Å²) in [6, 6.07) is 6.71. The number of rotatable bonds is 9. The highest BCUT2D eigenvalue weighted by Gasteiger charge is 2.52. The van der Waals surface area contributed by atoms with Crippen molar-refractivity contribution in [2.45, 2.75) is 74.4 Å². The Labute approximate surface area is 258 Å². The molecular weight excluding hydrogens is 617 g/mol. The zero-order valence-corrected chi connectivity index (χ0v) is 25.5. The fraction of sp³-hybridized carbons (Fsp3) is 0.516. The van der Waals surface area contributed by atoms with E-state index in [-0.39, 0.29) is 29.2 Å². The molecule has 0 saturated heterocycles. The second-order valence-electron chi connectivity index (χ2n) is 12.1. The van der Waals surface area contributed by atoms with Crippen molar-refractivity contribution >= 4 is 33.3 Å². The molecule has 0 spiro atoms. The predicted octanol–water partition coefficient (Wildman–Crippen LogP) is 5.10. The summed E-state index contributed by atoms with van der Waals surface area (Å²) in [5, 5.41) is 14.8. The molecule has 244 valence electrons. The van der Waals surface area contributed by atoms with E-state index in [2.05, 4.69) is 10.6 Å². The van der Waals surface area contributed by atoms with Crippen LogP contribution in [-0.4, -0.2) is 56.1 Å². The van der Waals surface area contributed by atoms with Gasteiger partial charge in [-0.2, -0.15) is 13.2 Å². The Kier molecular flexibility index (Phi) is 9.07. The zero-order chi connectivity index (χ0) is 32.7. The summed E-state index contributed by atoms with van der Waals surface area (Å²) < 4.78 is 74.7. The lowest BCUT2D eigenvalue weighted by Crippen LogP contribution is -2.48. The highest BCUT2D eigenvalue weighted by molar-refractivity contribution is 7.92. The Morgan fingerprint density at radius 2 is 1.64 bits per heavy atom. The number of hydrogen-bond donors (Lipinski definition) is 3. The van der Waals surface area contributed by atoms with Crippen LogP contribution >= 0.6 is 0 Å². The lowest BCUT2D eigenvalue weighted by atomic mass is 9.83. The summed E-state index contributed by atoms with van der Waals surface area (Å²) in [6.45, 7) is 1.81. The normalized spacial score (nSPS) is 26.2. The molecule has 0 aliphatic heterocycles. The minimum Gasteiger partial charge on any atom is -0.496 e. The molecule has 5 rings (SSSR count). The van der Waals surface area contributed by atoms with Gasteiger partial charge in [0.15, 0.2) is 0 Å². The van der Waals surface area contributed by atoms with Crippen LogP contribution in [-0.2, 0) is 19.4 Å². The topological polar surface area (TPSA) is 148 Å². The van der Waals surface area contributed by atoms with Crippen LogP contribution in [0.15, 0.2) is 41.3 Å². The Hall–Kier alpha value is -3.81. The average molecular weight is 653 g/mol. The number of halogens is 3. The number of carboxylic acid groups (broad SMARTS) is 1. The second-order valence-corrected chi connectivity index (χ2v) is 14.0. The summed E-state index contributed by atoms with van der Waals surface area (Å²) in [6.07, 6.45) is 4.15. The van der Waals surface area contributed by atoms with Gasteiger partial charge >= 0.3 is 11.5 Å². The number of aliphatic carboxylic acids is 1. The lowest BCUT2D eigenvalue weighted by Gasteiger charge is -2.31. The van der Waals surface area contributed by atoms with E-state index in [0.29, 0.717) is 43.6 Å². The third kappa shape index (κ3) is 6.61. The van der Waals surface area contributed by atoms with Crippen molar-refractivity contribution in [1.82, 2.24) is 5.32 Å². The van der Waals surface area contributed by atoms with Crippen LogP contribution in [0.2, 0.25) is 0 Å². The monoisotopic (exact) mass is 652 g/mol. The third-order valence-corrected chi connectivity index (χ3v) is 10.8. The smallest absolute Gasteiger partial charge is 0.496 e. The van der Waals surface area contributed by atoms with Crippen molar-refractivity contribution in [3.05, 3.63) is 47.5 Å². The molecule has 0 radical (unpaired) electrons. The van der Waals surface area contributed by atoms with Crippen LogP contribution < -0.4 is 20.1 Å². The van der Waals surface area contributed by atoms with Crippen LogP contribution in [0.3, 0.4) is 0 Å². The molecule has 3 aliphatic carbocycles. The van der Waals surface area contributed by atoms with Crippen molar-refractivity contribution in [2.75, 3.05) is 12.4 Å². The number of alkyl halides is 3. The van der Waals surface area contributed by atoms with E-state index < -0.39 is 55.9 Å². The van der Waals surface area contributed by atoms with Crippen molar-refractivity contribution < 1.29 is 50.6 Å². The van der Waals surface area contributed by atoms with Gasteiger partial charge in [0.2, 0.25) is 5.91 Å². The van der Waals surface area contributed by atoms with Crippen molar-refractivity contribution in [3.8, 4) is 11.5 Å². The quantitative estimate of drug-likeness (QED) is 0.339. The van der Waals surface area contributed by atoms with Gasteiger partial charge < -0.3 is 25.2 Å². The minimum atomic E-state index is -5.60. The first-order valence-electron chi connectivity index (χ1n) is 14.8. The molecule has 2 aromatic carbocycles. The maximum absolute atomic E-state index is 13.7. The summed E-state index contributed by atoms with van der Waals surface area (Å²) in [4.78, 5) is 37.5. The Balaban J connectivity index is 1.32. The van der Waals surface area contributed by atoms with Crippen LogP contribution in [0.4, 0.5) is 18.9 Å². The molecule has 10 nitrogen and oxygen atoms in total. The lowest BCUT2D eigenvalue weighted by molar-refractivity contribution is -0.143. The van der Waals surface area contributed by atoms with E-state index >= 15 is 0 Å². The molecule has 3 fully saturated rings. The van der Waals surface area contributed by atoms with Crippen LogP contribution in [0.5, 0.6) is 11.5 Å². The number of anilines is 1. The molecule has 2 aromatic rings. The van der Waals surface area contributed by atoms with E-state index in [1.54, 1.807) is 12.1 Å². The first kappa shape index (κ1) is 32.6. The van der Waals surface area contributed by atoms with Gasteiger partial charge in [-0.3, -0.25) is 14.4 Å². The number of carbonyl (C=O) groups excluding carboxylic acids is 2. The maximum Gasteiger partial charge on any atom is 0.501 e. The van der Waals surface area contributed by atoms with Crippen LogP contribution in [0.25, 0.3) is 0 Å². The van der Waals surface area contributed by atoms with Gasteiger partial charge in [-0.25, -0.2) is 8.42 Å². The Morgan fingerprint density at radius 1 is 0.956 bits per heavy atom. The largest absolute Gasteiger partial charge is 0.501 e. The first-order valence-corrected chi connectivity index (χ1v) is 16.3. The molecule has 3 saturated carbocycles. The summed E-state index contributed by atoms with van der Waals surface area (Å²) in [5.41, 5.74) is -4.66. The van der Waals surface area contributed by atoms with E-state index in [0.717, 1.165) is 36.6 Å². The molecule has 4 atom stereocenters. The molecule has 3 N–H and O–H groups in total. The van der Waals surface area contributed by atoms with Gasteiger partial charge in [0, 0.05) is 11.7 Å². The zero-order valence-electron chi connectivity index (χ0n) is 24.7. The molecule has 45 heavy (non-hydrogen) atoms. The number of fused-ring (bicyclic) bond motifs is 2. The van der Waals surface area contributed by atoms with E-state index in [1.807, 2.05) is 6.92 Å². The number of amides is 2. The summed E-state index contributed by atoms with van der Waals surface area (Å²) >= 11 is 0. The van der Waals surface area contributed by atoms with Gasteiger partial charge in [0.05, 0.1) is 35.5 Å². The van der Waals surface area contributed by atoms with E-state index in [4.69, 9.17) is 9.47 Å². The molecule has 3 aliphatic rings. The number of sulfone groups is 1. The highest BCUT2D eigenvalue weighted by Crippen LogP contribution is 2.49. The van der Waals surface area contributed by atoms with Gasteiger partial charge in [0.25, 0.3) is 15.7 Å². The van der Waals surface area contributed by atoms with Crippen LogP contribution in [0.1, 0.15) is 60.9 Å². The number of benzene rings is 2. The maximum atomic E-state index is 13.7. The molecule has 2 amide bonds. The van der Waals surface area contributed by atoms with Crippen molar-refractivity contribution in [2.24, 2.45) is 23.7 Å². The SMILES string of the molecule is COc1cc(C)c(OC2CCC(C(=O)O)CC2)cc1C(=O)N[C@@H]1[C@H]2CC[C@H](C2)[C@@H]1C(=O)Nc1cccc(S(=O)(=O)C(F)(F)F)c1. The summed E-state index contributed by atoms with van der Waals surface area (Å²) in [5.74, 6) is -2.20. The number of methoxy groups -OCH3 is 1. The molecule has 2 bridgehead atoms. The van der Waals surface area contributed by atoms with Gasteiger partial charge in [-0.05, 0) is 99.6 Å². The first-order chi connectivity index (χ1) is 21.2. The number of ether oxygens (including phenoxy) is 2. The Bertz CT molecular complexity index is 1590. The number of carbonyl (C=O) groups is 3. The molecule has 0 heterocycles. The van der Waals surface area contributed by atoms with Gasteiger partial charge in [-0.15, -0.1) is 0 Å². The molecular formula is C31H35F3N2O8S. The van der Waals surface area contributed by atoms with Crippen LogP contribution in [0, 0.1) is 30.6 Å². The molecule has 0 unspecified atom stereocenters. The van der Waals surface area contributed by atoms with E-state index in [1.165, 1.54) is 13.2 Å². The number of nitrogens with one attached hydrogen (secondary N) is 2. The van der Waals surface area contributed by atoms with Gasteiger partial charge in [0.1, 0.15) is 11.5 Å². The second kappa shape index (κ2) is 12.5. The third-order valence-electron chi connectivity index (χ3n) is 9.29. The van der Waals surface area contributed by atoms with E-state index in [9.17, 15) is 41.1 Å². The van der Waals surface area contributed by atoms with Gasteiger partial charge in [-0.1, -0.05) is 6.07 Å².